The fraction of sp³-hybridized carbons (Fsp3) is 0.118. The van der Waals surface area contributed by atoms with Gasteiger partial charge < -0.3 is 9.88 Å². The molecule has 22 heavy (non-hydrogen) atoms. The Bertz CT molecular complexity index is 704. The molecule has 112 valence electrons. The van der Waals surface area contributed by atoms with Crippen molar-refractivity contribution in [3.8, 4) is 0 Å². The van der Waals surface area contributed by atoms with Gasteiger partial charge in [-0.25, -0.2) is 4.39 Å². The van der Waals surface area contributed by atoms with Crippen molar-refractivity contribution in [2.75, 3.05) is 5.32 Å². The van der Waals surface area contributed by atoms with Crippen LogP contribution in [0.3, 0.4) is 0 Å². The molecule has 0 saturated heterocycles. The van der Waals surface area contributed by atoms with Crippen LogP contribution < -0.4 is 5.32 Å². The summed E-state index contributed by atoms with van der Waals surface area (Å²) >= 11 is 1.62. The van der Waals surface area contributed by atoms with Gasteiger partial charge in [0.25, 0.3) is 0 Å². The van der Waals surface area contributed by atoms with Crippen LogP contribution in [0, 0.1) is 5.82 Å². The quantitative estimate of drug-likeness (QED) is 0.748. The van der Waals surface area contributed by atoms with E-state index in [1.54, 1.807) is 23.5 Å². The van der Waals surface area contributed by atoms with E-state index in [-0.39, 0.29) is 17.8 Å². The van der Waals surface area contributed by atoms with Crippen molar-refractivity contribution in [3.05, 3.63) is 77.0 Å². The van der Waals surface area contributed by atoms with Crippen molar-refractivity contribution in [3.63, 3.8) is 0 Å². The smallest absolute Gasteiger partial charge is 0.226 e. The second kappa shape index (κ2) is 6.58. The van der Waals surface area contributed by atoms with Gasteiger partial charge in [-0.2, -0.15) is 0 Å². The van der Waals surface area contributed by atoms with Gasteiger partial charge in [-0.1, -0.05) is 12.1 Å². The number of aromatic nitrogens is 1. The highest BCUT2D eigenvalue weighted by Crippen LogP contribution is 2.27. The Morgan fingerprint density at radius 2 is 2.00 bits per heavy atom. The molecule has 0 aliphatic heterocycles. The van der Waals surface area contributed by atoms with E-state index < -0.39 is 0 Å². The molecule has 0 saturated carbocycles. The third-order valence-electron chi connectivity index (χ3n) is 3.35. The lowest BCUT2D eigenvalue weighted by Gasteiger charge is -2.17. The van der Waals surface area contributed by atoms with Crippen LogP contribution in [0.2, 0.25) is 0 Å². The minimum atomic E-state index is -0.363. The summed E-state index contributed by atoms with van der Waals surface area (Å²) in [4.78, 5) is 13.4. The predicted molar refractivity (Wildman–Crippen MR) is 86.5 cm³/mol. The first-order chi connectivity index (χ1) is 10.7. The molecule has 0 bridgehead atoms. The van der Waals surface area contributed by atoms with Crippen molar-refractivity contribution in [1.29, 1.82) is 0 Å². The average Bonchev–Trinajstić information content (AvgIpc) is 3.18. The third kappa shape index (κ3) is 3.43. The number of carbonyl (C=O) groups excluding carboxylic acids is 1. The summed E-state index contributed by atoms with van der Waals surface area (Å²) < 4.78 is 15.2. The number of anilines is 1. The second-order valence-electron chi connectivity index (χ2n) is 4.92. The van der Waals surface area contributed by atoms with Gasteiger partial charge in [0.05, 0.1) is 12.5 Å². The van der Waals surface area contributed by atoms with Gasteiger partial charge in [-0.15, -0.1) is 11.3 Å². The first-order valence-electron chi connectivity index (χ1n) is 6.93. The standard InChI is InChI=1S/C17H15FN2OS/c18-13-5-3-6-14(11-13)19-17(21)12-15(16-7-4-10-22-16)20-8-1-2-9-20/h1-11,15H,12H2,(H,19,21)/t15-/m1/s1. The Labute approximate surface area is 132 Å². The third-order valence-corrected chi connectivity index (χ3v) is 4.32. The molecule has 5 heteroatoms. The minimum absolute atomic E-state index is 0.0523. The number of amides is 1. The van der Waals surface area contributed by atoms with Crippen molar-refractivity contribution in [1.82, 2.24) is 4.57 Å². The summed E-state index contributed by atoms with van der Waals surface area (Å²) in [5.41, 5.74) is 0.474. The maximum absolute atomic E-state index is 13.2. The number of nitrogens with zero attached hydrogens (tertiary/aromatic N) is 1. The topological polar surface area (TPSA) is 34.0 Å². The molecule has 3 aromatic rings. The molecular weight excluding hydrogens is 299 g/mol. The van der Waals surface area contributed by atoms with Crippen LogP contribution in [-0.4, -0.2) is 10.5 Å². The van der Waals surface area contributed by atoms with Crippen LogP contribution in [0.15, 0.2) is 66.3 Å². The molecule has 3 nitrogen and oxygen atoms in total. The first-order valence-corrected chi connectivity index (χ1v) is 7.81. The molecule has 0 aliphatic rings. The van der Waals surface area contributed by atoms with E-state index in [1.807, 2.05) is 46.6 Å². The molecule has 1 atom stereocenters. The fourth-order valence-electron chi connectivity index (χ4n) is 2.34. The number of nitrogens with one attached hydrogen (secondary N) is 1. The molecule has 2 heterocycles. The molecular formula is C17H15FN2OS. The Morgan fingerprint density at radius 3 is 2.68 bits per heavy atom. The van der Waals surface area contributed by atoms with Crippen LogP contribution >= 0.6 is 11.3 Å². The summed E-state index contributed by atoms with van der Waals surface area (Å²) in [5.74, 6) is -0.504. The highest BCUT2D eigenvalue weighted by atomic mass is 32.1. The van der Waals surface area contributed by atoms with E-state index in [1.165, 1.54) is 12.1 Å². The molecule has 1 N–H and O–H groups in total. The summed E-state index contributed by atoms with van der Waals surface area (Å²) in [6.07, 6.45) is 4.19. The van der Waals surface area contributed by atoms with Gasteiger partial charge in [0.1, 0.15) is 5.82 Å². The predicted octanol–water partition coefficient (Wildman–Crippen LogP) is 4.31. The molecule has 3 rings (SSSR count). The van der Waals surface area contributed by atoms with Gasteiger partial charge >= 0.3 is 0 Å². The number of rotatable bonds is 5. The molecule has 0 unspecified atom stereocenters. The Morgan fingerprint density at radius 1 is 1.18 bits per heavy atom. The maximum Gasteiger partial charge on any atom is 0.226 e. The molecule has 1 amide bonds. The van der Waals surface area contributed by atoms with E-state index in [4.69, 9.17) is 0 Å². The zero-order valence-corrected chi connectivity index (χ0v) is 12.6. The average molecular weight is 314 g/mol. The maximum atomic E-state index is 13.2. The van der Waals surface area contributed by atoms with E-state index in [0.29, 0.717) is 12.1 Å². The molecule has 0 fully saturated rings. The summed E-state index contributed by atoms with van der Waals surface area (Å²) in [5, 5.41) is 4.75. The number of carbonyl (C=O) groups is 1. The monoisotopic (exact) mass is 314 g/mol. The van der Waals surface area contributed by atoms with Crippen LogP contribution in [0.25, 0.3) is 0 Å². The summed E-state index contributed by atoms with van der Waals surface area (Å²) in [7, 11) is 0. The van der Waals surface area contributed by atoms with E-state index in [9.17, 15) is 9.18 Å². The van der Waals surface area contributed by atoms with Gasteiger partial charge in [0.15, 0.2) is 0 Å². The van der Waals surface area contributed by atoms with Gasteiger partial charge in [0.2, 0.25) is 5.91 Å². The van der Waals surface area contributed by atoms with E-state index in [0.717, 1.165) is 4.88 Å². The highest BCUT2D eigenvalue weighted by Gasteiger charge is 2.18. The van der Waals surface area contributed by atoms with Gasteiger partial charge in [-0.05, 0) is 41.8 Å². The normalized spacial score (nSPS) is 12.0. The number of hydrogen-bond acceptors (Lipinski definition) is 2. The Hall–Kier alpha value is -2.40. The van der Waals surface area contributed by atoms with Crippen molar-refractivity contribution >= 4 is 22.9 Å². The zero-order chi connectivity index (χ0) is 15.4. The van der Waals surface area contributed by atoms with Crippen LogP contribution in [-0.2, 0) is 4.79 Å². The fourth-order valence-corrected chi connectivity index (χ4v) is 3.18. The second-order valence-corrected chi connectivity index (χ2v) is 5.90. The van der Waals surface area contributed by atoms with Gasteiger partial charge in [-0.3, -0.25) is 4.79 Å². The van der Waals surface area contributed by atoms with Crippen LogP contribution in [0.1, 0.15) is 17.3 Å². The lowest BCUT2D eigenvalue weighted by atomic mass is 10.1. The first kappa shape index (κ1) is 14.5. The van der Waals surface area contributed by atoms with E-state index in [2.05, 4.69) is 5.32 Å². The number of hydrogen-bond donors (Lipinski definition) is 1. The lowest BCUT2D eigenvalue weighted by molar-refractivity contribution is -0.116. The minimum Gasteiger partial charge on any atom is -0.346 e. The molecule has 0 aliphatic carbocycles. The number of halogens is 1. The van der Waals surface area contributed by atoms with Crippen molar-refractivity contribution in [2.45, 2.75) is 12.5 Å². The van der Waals surface area contributed by atoms with Crippen LogP contribution in [0.5, 0.6) is 0 Å². The number of thiophene rings is 1. The SMILES string of the molecule is O=C(C[C@H](c1cccs1)n1cccc1)Nc1cccc(F)c1. The number of benzene rings is 1. The van der Waals surface area contributed by atoms with Crippen molar-refractivity contribution in [2.24, 2.45) is 0 Å². The highest BCUT2D eigenvalue weighted by molar-refractivity contribution is 7.10. The molecule has 0 radical (unpaired) electrons. The zero-order valence-electron chi connectivity index (χ0n) is 11.8. The Kier molecular flexibility index (Phi) is 4.34. The van der Waals surface area contributed by atoms with Gasteiger partial charge in [0, 0.05) is 23.0 Å². The molecule has 1 aromatic carbocycles. The van der Waals surface area contributed by atoms with Crippen LogP contribution in [0.4, 0.5) is 10.1 Å². The van der Waals surface area contributed by atoms with Crippen molar-refractivity contribution < 1.29 is 9.18 Å². The van der Waals surface area contributed by atoms with E-state index >= 15 is 0 Å². The largest absolute Gasteiger partial charge is 0.346 e. The molecule has 0 spiro atoms. The molecule has 2 aromatic heterocycles. The summed E-state index contributed by atoms with van der Waals surface area (Å²) in [6, 6.07) is 13.7. The lowest BCUT2D eigenvalue weighted by Crippen LogP contribution is -2.19. The Balaban J connectivity index is 1.75. The summed E-state index contributed by atoms with van der Waals surface area (Å²) in [6.45, 7) is 0.